The number of aliphatic hydroxyl groups is 1. The molecule has 2 rings (SSSR count). The van der Waals surface area contributed by atoms with Gasteiger partial charge in [-0.25, -0.2) is 4.98 Å². The Morgan fingerprint density at radius 3 is 2.24 bits per heavy atom. The normalized spacial score (nSPS) is 12.4. The molecule has 25 heavy (non-hydrogen) atoms. The van der Waals surface area contributed by atoms with E-state index in [-0.39, 0.29) is 12.5 Å². The minimum atomic E-state index is -1.11. The van der Waals surface area contributed by atoms with Gasteiger partial charge in [0.25, 0.3) is 0 Å². The second kappa shape index (κ2) is 7.56. The Kier molecular flexibility index (Phi) is 5.88. The van der Waals surface area contributed by atoms with Crippen molar-refractivity contribution in [2.75, 3.05) is 13.1 Å². The van der Waals surface area contributed by atoms with E-state index in [4.69, 9.17) is 0 Å². The van der Waals surface area contributed by atoms with E-state index < -0.39 is 5.60 Å². The Bertz CT molecular complexity index is 716. The molecule has 2 aromatic rings. The number of aromatic nitrogens is 2. The highest BCUT2D eigenvalue weighted by Gasteiger charge is 2.27. The van der Waals surface area contributed by atoms with Gasteiger partial charge in [-0.05, 0) is 37.8 Å². The largest absolute Gasteiger partial charge is 0.383 e. The van der Waals surface area contributed by atoms with Gasteiger partial charge in [0.2, 0.25) is 5.91 Å². The second-order valence-electron chi connectivity index (χ2n) is 8.16. The van der Waals surface area contributed by atoms with Crippen molar-refractivity contribution in [3.05, 3.63) is 30.1 Å². The molecule has 5 nitrogen and oxygen atoms in total. The zero-order chi connectivity index (χ0) is 18.8. The Morgan fingerprint density at radius 1 is 1.16 bits per heavy atom. The average Bonchev–Trinajstić information content (AvgIpc) is 2.84. The van der Waals surface area contributed by atoms with Gasteiger partial charge in [-0.2, -0.15) is 0 Å². The van der Waals surface area contributed by atoms with E-state index in [0.717, 1.165) is 24.1 Å². The molecule has 1 N–H and O–H groups in total. The topological polar surface area (TPSA) is 58.4 Å². The van der Waals surface area contributed by atoms with Crippen LogP contribution in [0, 0.1) is 11.8 Å². The zero-order valence-corrected chi connectivity index (χ0v) is 16.3. The predicted octanol–water partition coefficient (Wildman–Crippen LogP) is 3.40. The van der Waals surface area contributed by atoms with Gasteiger partial charge < -0.3 is 14.6 Å². The molecule has 0 radical (unpaired) electrons. The van der Waals surface area contributed by atoms with Gasteiger partial charge in [0, 0.05) is 13.1 Å². The summed E-state index contributed by atoms with van der Waals surface area (Å²) in [4.78, 5) is 19.5. The summed E-state index contributed by atoms with van der Waals surface area (Å²) in [7, 11) is 0. The first-order chi connectivity index (χ1) is 11.6. The van der Waals surface area contributed by atoms with Gasteiger partial charge in [0.1, 0.15) is 18.0 Å². The molecule has 0 atom stereocenters. The molecule has 0 aliphatic rings. The maximum Gasteiger partial charge on any atom is 0.242 e. The van der Waals surface area contributed by atoms with Crippen LogP contribution in [-0.2, 0) is 16.9 Å². The van der Waals surface area contributed by atoms with E-state index in [1.807, 2.05) is 33.7 Å². The van der Waals surface area contributed by atoms with Gasteiger partial charge in [0.15, 0.2) is 0 Å². The molecule has 1 amide bonds. The summed E-state index contributed by atoms with van der Waals surface area (Å²) in [5.74, 6) is 1.42. The molecule has 138 valence electrons. The Balaban J connectivity index is 2.38. The van der Waals surface area contributed by atoms with Crippen LogP contribution in [0.3, 0.4) is 0 Å². The van der Waals surface area contributed by atoms with Gasteiger partial charge >= 0.3 is 0 Å². The van der Waals surface area contributed by atoms with Crippen molar-refractivity contribution in [3.63, 3.8) is 0 Å². The van der Waals surface area contributed by atoms with Crippen molar-refractivity contribution in [2.24, 2.45) is 11.8 Å². The molecule has 0 spiro atoms. The van der Waals surface area contributed by atoms with Crippen LogP contribution in [0.1, 0.15) is 47.4 Å². The number of rotatable bonds is 7. The van der Waals surface area contributed by atoms with Crippen molar-refractivity contribution in [1.29, 1.82) is 0 Å². The van der Waals surface area contributed by atoms with Gasteiger partial charge in [0.05, 0.1) is 11.0 Å². The first kappa shape index (κ1) is 19.4. The lowest BCUT2D eigenvalue weighted by molar-refractivity contribution is -0.133. The summed E-state index contributed by atoms with van der Waals surface area (Å²) < 4.78 is 1.85. The highest BCUT2D eigenvalue weighted by atomic mass is 16.3. The summed E-state index contributed by atoms with van der Waals surface area (Å²) in [5.41, 5.74) is 0.564. The van der Waals surface area contributed by atoms with Crippen LogP contribution in [0.5, 0.6) is 0 Å². The molecular formula is C20H31N3O2. The Morgan fingerprint density at radius 2 is 1.72 bits per heavy atom. The molecular weight excluding hydrogens is 314 g/mol. The third-order valence-corrected chi connectivity index (χ3v) is 4.02. The fourth-order valence-electron chi connectivity index (χ4n) is 3.10. The van der Waals surface area contributed by atoms with Crippen molar-refractivity contribution >= 4 is 16.9 Å². The number of fused-ring (bicyclic) bond motifs is 1. The van der Waals surface area contributed by atoms with Crippen LogP contribution in [0.2, 0.25) is 0 Å². The van der Waals surface area contributed by atoms with E-state index in [1.165, 1.54) is 0 Å². The van der Waals surface area contributed by atoms with Crippen LogP contribution in [0.4, 0.5) is 0 Å². The number of hydrogen-bond acceptors (Lipinski definition) is 3. The summed E-state index contributed by atoms with van der Waals surface area (Å²) in [6.07, 6.45) is 0. The molecule has 0 saturated carbocycles. The second-order valence-corrected chi connectivity index (χ2v) is 8.16. The lowest BCUT2D eigenvalue weighted by atomic mass is 10.1. The van der Waals surface area contributed by atoms with Crippen LogP contribution < -0.4 is 0 Å². The minimum absolute atomic E-state index is 0.0658. The average molecular weight is 345 g/mol. The van der Waals surface area contributed by atoms with Crippen LogP contribution in [-0.4, -0.2) is 38.6 Å². The summed E-state index contributed by atoms with van der Waals surface area (Å²) >= 11 is 0. The molecule has 1 aromatic heterocycles. The zero-order valence-electron chi connectivity index (χ0n) is 16.3. The van der Waals surface area contributed by atoms with Crippen LogP contribution in [0.25, 0.3) is 11.0 Å². The Hall–Kier alpha value is -1.88. The van der Waals surface area contributed by atoms with E-state index in [1.54, 1.807) is 13.8 Å². The molecule has 0 aliphatic heterocycles. The number of nitrogens with zero attached hydrogens (tertiary/aromatic N) is 3. The predicted molar refractivity (Wildman–Crippen MR) is 101 cm³/mol. The standard InChI is InChI=1S/C20H31N3O2/c1-14(2)11-22(12-15(3)4)18(24)13-23-17-10-8-7-9-16(17)21-19(23)20(5,6)25/h7-10,14-15,25H,11-13H2,1-6H3. The molecule has 0 unspecified atom stereocenters. The number of hydrogen-bond donors (Lipinski definition) is 1. The van der Waals surface area contributed by atoms with Crippen molar-refractivity contribution in [2.45, 2.75) is 53.7 Å². The van der Waals surface area contributed by atoms with Crippen molar-refractivity contribution < 1.29 is 9.90 Å². The number of imidazole rings is 1. The molecule has 0 aliphatic carbocycles. The van der Waals surface area contributed by atoms with E-state index in [0.29, 0.717) is 17.7 Å². The molecule has 1 heterocycles. The lowest BCUT2D eigenvalue weighted by Gasteiger charge is -2.27. The third kappa shape index (κ3) is 4.82. The van der Waals surface area contributed by atoms with Crippen molar-refractivity contribution in [1.82, 2.24) is 14.5 Å². The first-order valence-electron chi connectivity index (χ1n) is 9.05. The molecule has 0 bridgehead atoms. The summed E-state index contributed by atoms with van der Waals surface area (Å²) in [5, 5.41) is 10.5. The number of benzene rings is 1. The Labute approximate surface area is 150 Å². The van der Waals surface area contributed by atoms with Crippen molar-refractivity contribution in [3.8, 4) is 0 Å². The van der Waals surface area contributed by atoms with Crippen LogP contribution >= 0.6 is 0 Å². The first-order valence-corrected chi connectivity index (χ1v) is 9.05. The van der Waals surface area contributed by atoms with E-state index >= 15 is 0 Å². The number of para-hydroxylation sites is 2. The number of amides is 1. The van der Waals surface area contributed by atoms with Gasteiger partial charge in [-0.15, -0.1) is 0 Å². The monoisotopic (exact) mass is 345 g/mol. The smallest absolute Gasteiger partial charge is 0.242 e. The third-order valence-electron chi connectivity index (χ3n) is 4.02. The molecule has 0 fully saturated rings. The van der Waals surface area contributed by atoms with E-state index in [2.05, 4.69) is 32.7 Å². The maximum absolute atomic E-state index is 13.0. The van der Waals surface area contributed by atoms with E-state index in [9.17, 15) is 9.90 Å². The highest BCUT2D eigenvalue weighted by Crippen LogP contribution is 2.25. The SMILES string of the molecule is CC(C)CN(CC(C)C)C(=O)Cn1c(C(C)(C)O)nc2ccccc21. The molecule has 0 saturated heterocycles. The number of carbonyl (C=O) groups is 1. The highest BCUT2D eigenvalue weighted by molar-refractivity contribution is 5.81. The van der Waals surface area contributed by atoms with Gasteiger partial charge in [-0.1, -0.05) is 39.8 Å². The van der Waals surface area contributed by atoms with Gasteiger partial charge in [-0.3, -0.25) is 4.79 Å². The number of carbonyl (C=O) groups excluding carboxylic acids is 1. The lowest BCUT2D eigenvalue weighted by Crippen LogP contribution is -2.39. The van der Waals surface area contributed by atoms with Crippen LogP contribution in [0.15, 0.2) is 24.3 Å². The molecule has 5 heteroatoms. The maximum atomic E-state index is 13.0. The minimum Gasteiger partial charge on any atom is -0.383 e. The fraction of sp³-hybridized carbons (Fsp3) is 0.600. The summed E-state index contributed by atoms with van der Waals surface area (Å²) in [6.45, 7) is 13.6. The quantitative estimate of drug-likeness (QED) is 0.837. The fourth-order valence-corrected chi connectivity index (χ4v) is 3.10. The summed E-state index contributed by atoms with van der Waals surface area (Å²) in [6, 6.07) is 7.70. The molecule has 1 aromatic carbocycles.